The molecule has 1 amide bonds. The maximum atomic E-state index is 13.1. The highest BCUT2D eigenvalue weighted by Crippen LogP contribution is 2.24. The average molecular weight is 383 g/mol. The quantitative estimate of drug-likeness (QED) is 0.686. The predicted molar refractivity (Wildman–Crippen MR) is 97.8 cm³/mol. The summed E-state index contributed by atoms with van der Waals surface area (Å²) in [5.41, 5.74) is 1.08. The fourth-order valence-electron chi connectivity index (χ4n) is 2.42. The number of nitrogens with one attached hydrogen (secondary N) is 1. The molecule has 2 aromatic carbocycles. The Kier molecular flexibility index (Phi) is 5.05. The number of hydrogen-bond acceptors (Lipinski definition) is 4. The number of nitrogens with zero attached hydrogens (tertiary/aromatic N) is 2. The third-order valence-electron chi connectivity index (χ3n) is 3.74. The Hall–Kier alpha value is -3.44. The molecule has 0 aliphatic heterocycles. The molecule has 1 aromatic heterocycles. The number of benzene rings is 2. The van der Waals surface area contributed by atoms with Crippen LogP contribution in [0, 0.1) is 18.2 Å². The third kappa shape index (κ3) is 3.73. The van der Waals surface area contributed by atoms with Gasteiger partial charge in [-0.25, -0.2) is 4.39 Å². The Morgan fingerprint density at radius 1 is 1.11 bits per heavy atom. The molecule has 0 fully saturated rings. The van der Waals surface area contributed by atoms with Crippen LogP contribution in [0.25, 0.3) is 11.3 Å². The molecule has 0 spiro atoms. The highest BCUT2D eigenvalue weighted by atomic mass is 32.2. The van der Waals surface area contributed by atoms with E-state index in [0.717, 1.165) is 4.09 Å². The normalized spacial score (nSPS) is 11.0. The van der Waals surface area contributed by atoms with E-state index in [0.29, 0.717) is 11.3 Å². The SMILES string of the molecule is C#CCNC(=O)c1ccc(S(=O)(=O)n2nccc2-c2ccc(F)cc2)cc1. The lowest BCUT2D eigenvalue weighted by atomic mass is 10.1. The molecular formula is C19H14FN3O3S. The highest BCUT2D eigenvalue weighted by molar-refractivity contribution is 7.90. The first-order valence-electron chi connectivity index (χ1n) is 7.81. The Bertz CT molecular complexity index is 1110. The smallest absolute Gasteiger partial charge is 0.283 e. The summed E-state index contributed by atoms with van der Waals surface area (Å²) >= 11 is 0. The van der Waals surface area contributed by atoms with Crippen molar-refractivity contribution in [3.8, 4) is 23.6 Å². The van der Waals surface area contributed by atoms with E-state index in [1.165, 1.54) is 60.8 Å². The van der Waals surface area contributed by atoms with Crippen LogP contribution in [-0.4, -0.2) is 30.1 Å². The van der Waals surface area contributed by atoms with E-state index in [1.54, 1.807) is 0 Å². The van der Waals surface area contributed by atoms with Crippen LogP contribution < -0.4 is 5.32 Å². The Morgan fingerprint density at radius 3 is 2.41 bits per heavy atom. The minimum absolute atomic E-state index is 0.0388. The van der Waals surface area contributed by atoms with Gasteiger partial charge in [0.1, 0.15) is 5.82 Å². The van der Waals surface area contributed by atoms with Gasteiger partial charge >= 0.3 is 0 Å². The number of amides is 1. The van der Waals surface area contributed by atoms with E-state index >= 15 is 0 Å². The number of carbonyl (C=O) groups is 1. The molecule has 8 heteroatoms. The second-order valence-corrected chi connectivity index (χ2v) is 7.25. The summed E-state index contributed by atoms with van der Waals surface area (Å²) in [6.07, 6.45) is 6.43. The van der Waals surface area contributed by atoms with E-state index in [1.807, 2.05) is 0 Å². The summed E-state index contributed by atoms with van der Waals surface area (Å²) in [5, 5.41) is 6.39. The van der Waals surface area contributed by atoms with Gasteiger partial charge in [0.15, 0.2) is 0 Å². The van der Waals surface area contributed by atoms with Gasteiger partial charge in [0.05, 0.1) is 23.3 Å². The van der Waals surface area contributed by atoms with E-state index in [-0.39, 0.29) is 17.0 Å². The van der Waals surface area contributed by atoms with Gasteiger partial charge < -0.3 is 5.32 Å². The van der Waals surface area contributed by atoms with Gasteiger partial charge in [0.2, 0.25) is 0 Å². The van der Waals surface area contributed by atoms with E-state index in [4.69, 9.17) is 6.42 Å². The van der Waals surface area contributed by atoms with Crippen molar-refractivity contribution in [3.05, 3.63) is 72.2 Å². The Balaban J connectivity index is 1.94. The molecule has 3 aromatic rings. The molecule has 0 saturated carbocycles. The molecule has 0 aliphatic rings. The van der Waals surface area contributed by atoms with Crippen molar-refractivity contribution in [1.82, 2.24) is 14.5 Å². The van der Waals surface area contributed by atoms with Crippen molar-refractivity contribution in [3.63, 3.8) is 0 Å². The van der Waals surface area contributed by atoms with Crippen LogP contribution in [0.4, 0.5) is 4.39 Å². The van der Waals surface area contributed by atoms with Gasteiger partial charge in [-0.05, 0) is 54.6 Å². The molecule has 1 N–H and O–H groups in total. The standard InChI is InChI=1S/C19H14FN3O3S/c1-2-12-21-19(24)15-5-9-17(10-6-15)27(25,26)23-18(11-13-22-23)14-3-7-16(20)8-4-14/h1,3-11,13H,12H2,(H,21,24). The lowest BCUT2D eigenvalue weighted by molar-refractivity contribution is 0.0958. The zero-order valence-corrected chi connectivity index (χ0v) is 14.8. The Morgan fingerprint density at radius 2 is 1.78 bits per heavy atom. The van der Waals surface area contributed by atoms with Crippen molar-refractivity contribution < 1.29 is 17.6 Å². The number of hydrogen-bond donors (Lipinski definition) is 1. The van der Waals surface area contributed by atoms with Gasteiger partial charge in [-0.2, -0.15) is 17.6 Å². The summed E-state index contributed by atoms with van der Waals surface area (Å²) in [4.78, 5) is 11.8. The molecule has 0 unspecified atom stereocenters. The van der Waals surface area contributed by atoms with Crippen LogP contribution in [0.1, 0.15) is 10.4 Å². The molecule has 0 atom stereocenters. The number of terminal acetylenes is 1. The average Bonchev–Trinajstić information content (AvgIpc) is 3.17. The second kappa shape index (κ2) is 7.43. The second-order valence-electron chi connectivity index (χ2n) is 5.48. The lowest BCUT2D eigenvalue weighted by Gasteiger charge is -2.10. The zero-order valence-electron chi connectivity index (χ0n) is 14.0. The number of halogens is 1. The predicted octanol–water partition coefficient (Wildman–Crippen LogP) is 2.29. The fourth-order valence-corrected chi connectivity index (χ4v) is 3.70. The van der Waals surface area contributed by atoms with Gasteiger partial charge in [-0.15, -0.1) is 6.42 Å². The van der Waals surface area contributed by atoms with Gasteiger partial charge in [0, 0.05) is 11.1 Å². The lowest BCUT2D eigenvalue weighted by Crippen LogP contribution is -2.23. The summed E-state index contributed by atoms with van der Waals surface area (Å²) in [5.74, 6) is 1.46. The largest absolute Gasteiger partial charge is 0.341 e. The molecule has 27 heavy (non-hydrogen) atoms. The summed E-state index contributed by atoms with van der Waals surface area (Å²) < 4.78 is 39.8. The van der Waals surface area contributed by atoms with E-state index in [9.17, 15) is 17.6 Å². The van der Waals surface area contributed by atoms with E-state index < -0.39 is 21.7 Å². The maximum Gasteiger partial charge on any atom is 0.283 e. The Labute approximate surface area is 155 Å². The number of carbonyl (C=O) groups excluding carboxylic acids is 1. The van der Waals surface area contributed by atoms with Gasteiger partial charge in [-0.1, -0.05) is 5.92 Å². The van der Waals surface area contributed by atoms with Crippen LogP contribution in [0.15, 0.2) is 65.7 Å². The van der Waals surface area contributed by atoms with E-state index in [2.05, 4.69) is 16.3 Å². The first kappa shape index (κ1) is 18.4. The van der Waals surface area contributed by atoms with Crippen LogP contribution >= 0.6 is 0 Å². The number of aromatic nitrogens is 2. The fraction of sp³-hybridized carbons (Fsp3) is 0.0526. The van der Waals surface area contributed by atoms with Crippen molar-refractivity contribution in [1.29, 1.82) is 0 Å². The zero-order chi connectivity index (χ0) is 19.4. The molecule has 1 heterocycles. The monoisotopic (exact) mass is 383 g/mol. The van der Waals surface area contributed by atoms with Crippen LogP contribution in [0.5, 0.6) is 0 Å². The molecular weight excluding hydrogens is 369 g/mol. The van der Waals surface area contributed by atoms with Crippen molar-refractivity contribution in [2.75, 3.05) is 6.54 Å². The van der Waals surface area contributed by atoms with Crippen LogP contribution in [0.3, 0.4) is 0 Å². The summed E-state index contributed by atoms with van der Waals surface area (Å²) in [6.45, 7) is 0.0766. The third-order valence-corrected chi connectivity index (χ3v) is 5.36. The van der Waals surface area contributed by atoms with Crippen molar-refractivity contribution in [2.24, 2.45) is 0 Å². The first-order valence-corrected chi connectivity index (χ1v) is 9.25. The molecule has 136 valence electrons. The first-order chi connectivity index (χ1) is 12.9. The highest BCUT2D eigenvalue weighted by Gasteiger charge is 2.22. The molecule has 0 saturated heterocycles. The van der Waals surface area contributed by atoms with Gasteiger partial charge in [-0.3, -0.25) is 4.79 Å². The molecule has 0 radical (unpaired) electrons. The molecule has 0 aliphatic carbocycles. The van der Waals surface area contributed by atoms with Crippen LogP contribution in [-0.2, 0) is 10.0 Å². The molecule has 6 nitrogen and oxygen atoms in total. The molecule has 0 bridgehead atoms. The van der Waals surface area contributed by atoms with Crippen LogP contribution in [0.2, 0.25) is 0 Å². The number of rotatable bonds is 5. The minimum atomic E-state index is -4.00. The van der Waals surface area contributed by atoms with Gasteiger partial charge in [0.25, 0.3) is 15.9 Å². The van der Waals surface area contributed by atoms with Crippen molar-refractivity contribution >= 4 is 15.9 Å². The molecule has 3 rings (SSSR count). The minimum Gasteiger partial charge on any atom is -0.341 e. The van der Waals surface area contributed by atoms with Crippen molar-refractivity contribution in [2.45, 2.75) is 4.90 Å². The topological polar surface area (TPSA) is 81.1 Å². The summed E-state index contributed by atoms with van der Waals surface area (Å²) in [6, 6.07) is 12.3. The summed E-state index contributed by atoms with van der Waals surface area (Å²) in [7, 11) is -4.00. The maximum absolute atomic E-state index is 13.1.